The average Bonchev–Trinajstić information content (AvgIpc) is 2.40. The van der Waals surface area contributed by atoms with Crippen molar-refractivity contribution in [2.45, 2.75) is 26.8 Å². The summed E-state index contributed by atoms with van der Waals surface area (Å²) in [5.41, 5.74) is 6.50. The molecule has 1 aromatic rings. The molecule has 0 unspecified atom stereocenters. The topological polar surface area (TPSA) is 75.4 Å². The van der Waals surface area contributed by atoms with Crippen molar-refractivity contribution in [3.05, 3.63) is 29.8 Å². The highest BCUT2D eigenvalue weighted by Gasteiger charge is 2.18. The fourth-order valence-corrected chi connectivity index (χ4v) is 1.71. The number of benzene rings is 1. The van der Waals surface area contributed by atoms with Crippen molar-refractivity contribution >= 4 is 17.5 Å². The molecule has 2 amide bonds. The number of hydrogen-bond donors (Lipinski definition) is 2. The minimum absolute atomic E-state index is 0.0921. The number of nitrogens with one attached hydrogen (secondary N) is 1. The summed E-state index contributed by atoms with van der Waals surface area (Å²) in [4.78, 5) is 25.7. The maximum atomic E-state index is 12.3. The number of carbonyl (C=O) groups is 2. The number of carbonyl (C=O) groups excluding carboxylic acids is 2. The van der Waals surface area contributed by atoms with Crippen molar-refractivity contribution in [1.29, 1.82) is 0 Å². The Morgan fingerprint density at radius 1 is 1.26 bits per heavy atom. The molecule has 0 aliphatic heterocycles. The Kier molecular flexibility index (Phi) is 5.51. The van der Waals surface area contributed by atoms with Gasteiger partial charge in [-0.15, -0.1) is 0 Å². The van der Waals surface area contributed by atoms with Crippen LogP contribution < -0.4 is 11.1 Å². The van der Waals surface area contributed by atoms with Gasteiger partial charge in [0.1, 0.15) is 0 Å². The lowest BCUT2D eigenvalue weighted by Crippen LogP contribution is -2.34. The van der Waals surface area contributed by atoms with Crippen LogP contribution in [0.4, 0.5) is 5.69 Å². The zero-order valence-corrected chi connectivity index (χ0v) is 11.6. The lowest BCUT2D eigenvalue weighted by Gasteiger charge is -2.20. The Bertz CT molecular complexity index is 454. The third-order valence-corrected chi connectivity index (χ3v) is 2.88. The maximum Gasteiger partial charge on any atom is 0.255 e. The van der Waals surface area contributed by atoms with Gasteiger partial charge in [0.05, 0.1) is 17.3 Å². The zero-order chi connectivity index (χ0) is 14.4. The number of nitrogens with zero attached hydrogens (tertiary/aromatic N) is 1. The summed E-state index contributed by atoms with van der Waals surface area (Å²) in [6.07, 6.45) is 0. The van der Waals surface area contributed by atoms with Crippen LogP contribution in [0.25, 0.3) is 0 Å². The second-order valence-corrected chi connectivity index (χ2v) is 4.30. The Balaban J connectivity index is 3.02. The molecule has 104 valence electrons. The highest BCUT2D eigenvalue weighted by atomic mass is 16.2. The van der Waals surface area contributed by atoms with Gasteiger partial charge in [0.2, 0.25) is 5.91 Å². The summed E-state index contributed by atoms with van der Waals surface area (Å²) in [5, 5.41) is 2.68. The number of rotatable bonds is 5. The van der Waals surface area contributed by atoms with E-state index in [1.807, 2.05) is 13.8 Å². The molecule has 0 aliphatic carbocycles. The van der Waals surface area contributed by atoms with Gasteiger partial charge in [-0.2, -0.15) is 0 Å². The Morgan fingerprint density at radius 2 is 1.84 bits per heavy atom. The smallest absolute Gasteiger partial charge is 0.255 e. The molecule has 1 aromatic carbocycles. The first-order valence-corrected chi connectivity index (χ1v) is 6.46. The number of para-hydroxylation sites is 1. The van der Waals surface area contributed by atoms with Gasteiger partial charge in [-0.1, -0.05) is 12.1 Å². The van der Waals surface area contributed by atoms with Crippen LogP contribution >= 0.6 is 0 Å². The fraction of sp³-hybridized carbons (Fsp3) is 0.429. The summed E-state index contributed by atoms with van der Waals surface area (Å²) in [5.74, 6) is -0.398. The second-order valence-electron chi connectivity index (χ2n) is 4.30. The molecule has 0 radical (unpaired) electrons. The van der Waals surface area contributed by atoms with Crippen LogP contribution in [0.5, 0.6) is 0 Å². The molecular weight excluding hydrogens is 242 g/mol. The van der Waals surface area contributed by atoms with E-state index in [1.54, 1.807) is 36.1 Å². The van der Waals surface area contributed by atoms with Gasteiger partial charge in [0.25, 0.3) is 5.91 Å². The van der Waals surface area contributed by atoms with Gasteiger partial charge in [-0.25, -0.2) is 0 Å². The van der Waals surface area contributed by atoms with Crippen LogP contribution in [0, 0.1) is 0 Å². The molecule has 5 heteroatoms. The maximum absolute atomic E-state index is 12.3. The zero-order valence-electron chi connectivity index (χ0n) is 11.6. The highest BCUT2D eigenvalue weighted by molar-refractivity contribution is 6.04. The van der Waals surface area contributed by atoms with Crippen molar-refractivity contribution in [3.63, 3.8) is 0 Å². The van der Waals surface area contributed by atoms with Crippen LogP contribution in [-0.4, -0.2) is 35.8 Å². The van der Waals surface area contributed by atoms with E-state index in [4.69, 9.17) is 5.73 Å². The van der Waals surface area contributed by atoms with Crippen LogP contribution in [-0.2, 0) is 4.79 Å². The van der Waals surface area contributed by atoms with E-state index in [-0.39, 0.29) is 11.8 Å². The highest BCUT2D eigenvalue weighted by Crippen LogP contribution is 2.17. The van der Waals surface area contributed by atoms with Crippen LogP contribution in [0.2, 0.25) is 0 Å². The quantitative estimate of drug-likeness (QED) is 0.844. The van der Waals surface area contributed by atoms with Crippen LogP contribution in [0.1, 0.15) is 31.1 Å². The summed E-state index contributed by atoms with van der Waals surface area (Å²) in [7, 11) is 0. The largest absolute Gasteiger partial charge is 0.339 e. The molecule has 5 nitrogen and oxygen atoms in total. The molecule has 1 rings (SSSR count). The van der Waals surface area contributed by atoms with Crippen LogP contribution in [0.15, 0.2) is 24.3 Å². The van der Waals surface area contributed by atoms with Gasteiger partial charge in [0, 0.05) is 13.1 Å². The number of anilines is 1. The summed E-state index contributed by atoms with van der Waals surface area (Å²) in [6, 6.07) is 6.35. The second kappa shape index (κ2) is 6.89. The molecule has 0 saturated carbocycles. The van der Waals surface area contributed by atoms with Crippen molar-refractivity contribution in [2.24, 2.45) is 5.73 Å². The fourth-order valence-electron chi connectivity index (χ4n) is 1.71. The van der Waals surface area contributed by atoms with Crippen molar-refractivity contribution in [2.75, 3.05) is 18.4 Å². The number of hydrogen-bond acceptors (Lipinski definition) is 3. The first kappa shape index (κ1) is 15.2. The van der Waals surface area contributed by atoms with Crippen molar-refractivity contribution in [1.82, 2.24) is 4.90 Å². The van der Waals surface area contributed by atoms with Crippen LogP contribution in [0.3, 0.4) is 0 Å². The predicted molar refractivity (Wildman–Crippen MR) is 76.0 cm³/mol. The Labute approximate surface area is 113 Å². The van der Waals surface area contributed by atoms with E-state index in [1.165, 1.54) is 0 Å². The molecule has 0 saturated heterocycles. The first-order valence-electron chi connectivity index (χ1n) is 6.46. The SMILES string of the molecule is CCN(CC)C(=O)c1ccccc1NC(=O)[C@H](C)N. The van der Waals surface area contributed by atoms with Gasteiger partial charge >= 0.3 is 0 Å². The molecular formula is C14H21N3O2. The van der Waals surface area contributed by atoms with E-state index >= 15 is 0 Å². The molecule has 0 aliphatic rings. The molecule has 0 bridgehead atoms. The van der Waals surface area contributed by atoms with E-state index < -0.39 is 6.04 Å². The van der Waals surface area contributed by atoms with Gasteiger partial charge in [-0.3, -0.25) is 9.59 Å². The third kappa shape index (κ3) is 3.79. The molecule has 3 N–H and O–H groups in total. The Morgan fingerprint density at radius 3 is 2.37 bits per heavy atom. The van der Waals surface area contributed by atoms with Gasteiger partial charge in [0.15, 0.2) is 0 Å². The normalized spacial score (nSPS) is 11.8. The average molecular weight is 263 g/mol. The molecule has 0 fully saturated rings. The van der Waals surface area contributed by atoms with E-state index in [9.17, 15) is 9.59 Å². The molecule has 0 heterocycles. The van der Waals surface area contributed by atoms with E-state index in [2.05, 4.69) is 5.32 Å². The Hall–Kier alpha value is -1.88. The summed E-state index contributed by atoms with van der Waals surface area (Å²) < 4.78 is 0. The predicted octanol–water partition coefficient (Wildman–Crippen LogP) is 1.45. The van der Waals surface area contributed by atoms with E-state index in [0.29, 0.717) is 24.3 Å². The minimum Gasteiger partial charge on any atom is -0.339 e. The number of amides is 2. The lowest BCUT2D eigenvalue weighted by molar-refractivity contribution is -0.117. The summed E-state index contributed by atoms with van der Waals surface area (Å²) in [6.45, 7) is 6.70. The molecule has 19 heavy (non-hydrogen) atoms. The minimum atomic E-state index is -0.614. The molecule has 1 atom stereocenters. The standard InChI is InChI=1S/C14H21N3O2/c1-4-17(5-2)14(19)11-8-6-7-9-12(11)16-13(18)10(3)15/h6-10H,4-5,15H2,1-3H3,(H,16,18)/t10-/m0/s1. The van der Waals surface area contributed by atoms with E-state index in [0.717, 1.165) is 0 Å². The first-order chi connectivity index (χ1) is 9.01. The van der Waals surface area contributed by atoms with Crippen molar-refractivity contribution in [3.8, 4) is 0 Å². The van der Waals surface area contributed by atoms with Gasteiger partial charge in [-0.05, 0) is 32.9 Å². The van der Waals surface area contributed by atoms with Crippen molar-refractivity contribution < 1.29 is 9.59 Å². The van der Waals surface area contributed by atoms with Gasteiger partial charge < -0.3 is 16.0 Å². The third-order valence-electron chi connectivity index (χ3n) is 2.88. The molecule has 0 spiro atoms. The lowest BCUT2D eigenvalue weighted by atomic mass is 10.1. The number of nitrogens with two attached hydrogens (primary N) is 1. The monoisotopic (exact) mass is 263 g/mol. The molecule has 0 aromatic heterocycles. The summed E-state index contributed by atoms with van der Waals surface area (Å²) >= 11 is 0.